The molecule has 10 nitrogen and oxygen atoms in total. The number of halogens is 3. The van der Waals surface area contributed by atoms with Crippen LogP contribution in [-0.2, 0) is 20.7 Å². The molecule has 1 aromatic heterocycles. The Kier molecular flexibility index (Phi) is 8.39. The molecular weight excluding hydrogens is 484 g/mol. The first kappa shape index (κ1) is 26.1. The molecule has 1 atom stereocenters. The number of hydrogen-bond donors (Lipinski definition) is 1. The number of pyridine rings is 1. The van der Waals surface area contributed by atoms with Crippen LogP contribution in [0.2, 0.25) is 10.0 Å². The molecule has 0 aliphatic heterocycles. The fourth-order valence-electron chi connectivity index (χ4n) is 2.58. The van der Waals surface area contributed by atoms with Gasteiger partial charge in [0.2, 0.25) is 5.75 Å². The second kappa shape index (κ2) is 10.6. The van der Waals surface area contributed by atoms with E-state index in [1.807, 2.05) is 0 Å². The summed E-state index contributed by atoms with van der Waals surface area (Å²) >= 11 is 12.0. The molecular formula is C20H20Cl2FN3O7. The van der Waals surface area contributed by atoms with Crippen LogP contribution in [-0.4, -0.2) is 40.7 Å². The minimum absolute atomic E-state index is 0.0286. The Morgan fingerprint density at radius 3 is 2.52 bits per heavy atom. The predicted octanol–water partition coefficient (Wildman–Crippen LogP) is 4.84. The zero-order valence-corrected chi connectivity index (χ0v) is 19.5. The van der Waals surface area contributed by atoms with Crippen molar-refractivity contribution in [1.82, 2.24) is 10.3 Å². The van der Waals surface area contributed by atoms with Gasteiger partial charge in [-0.3, -0.25) is 15.1 Å². The highest BCUT2D eigenvalue weighted by Crippen LogP contribution is 2.41. The molecule has 0 radical (unpaired) electrons. The highest BCUT2D eigenvalue weighted by molar-refractivity contribution is 6.33. The number of nitrogens with zero attached hydrogens (tertiary/aromatic N) is 2. The third-order valence-electron chi connectivity index (χ3n) is 3.90. The number of esters is 1. The molecule has 178 valence electrons. The van der Waals surface area contributed by atoms with E-state index in [2.05, 4.69) is 15.0 Å². The molecule has 0 saturated carbocycles. The van der Waals surface area contributed by atoms with Crippen molar-refractivity contribution in [2.45, 2.75) is 38.8 Å². The number of alkyl carbamates (subject to hydrolysis) is 1. The van der Waals surface area contributed by atoms with Gasteiger partial charge in [-0.1, -0.05) is 23.2 Å². The van der Waals surface area contributed by atoms with E-state index in [0.29, 0.717) is 0 Å². The molecule has 1 heterocycles. The molecule has 0 aliphatic carbocycles. The SMILES string of the molecule is COC(=O)[C@@H](Cc1ncc(Cl)c(Oc2cc(F)ccc2Cl)c1[N+](=O)[O-])NC(=O)OC(C)(C)C. The number of rotatable bonds is 7. The summed E-state index contributed by atoms with van der Waals surface area (Å²) in [6.07, 6.45) is -0.363. The fraction of sp³-hybridized carbons (Fsp3) is 0.350. The number of amides is 1. The van der Waals surface area contributed by atoms with Crippen molar-refractivity contribution < 1.29 is 33.1 Å². The summed E-state index contributed by atoms with van der Waals surface area (Å²) < 4.78 is 28.8. The van der Waals surface area contributed by atoms with E-state index in [1.165, 1.54) is 6.07 Å². The lowest BCUT2D eigenvalue weighted by Gasteiger charge is -2.22. The third kappa shape index (κ3) is 7.16. The standard InChI is InChI=1S/C20H20Cl2FN3O7/c1-20(2,3)33-19(28)25-14(18(27)31-4)8-13-16(26(29)30)17(12(22)9-24-13)32-15-7-10(23)5-6-11(15)21/h5-7,9,14H,8H2,1-4H3,(H,25,28)/t14-/m1/s1. The van der Waals surface area contributed by atoms with Crippen molar-refractivity contribution in [2.24, 2.45) is 0 Å². The van der Waals surface area contributed by atoms with E-state index in [-0.39, 0.29) is 21.5 Å². The Balaban J connectivity index is 2.46. The zero-order chi connectivity index (χ0) is 24.9. The highest BCUT2D eigenvalue weighted by Gasteiger charge is 2.32. The quantitative estimate of drug-likeness (QED) is 0.322. The second-order valence-electron chi connectivity index (χ2n) is 7.59. The van der Waals surface area contributed by atoms with Gasteiger partial charge < -0.3 is 19.5 Å². The molecule has 0 spiro atoms. The first-order valence-electron chi connectivity index (χ1n) is 9.34. The van der Waals surface area contributed by atoms with E-state index in [0.717, 1.165) is 25.4 Å². The Morgan fingerprint density at radius 2 is 1.94 bits per heavy atom. The van der Waals surface area contributed by atoms with Crippen LogP contribution >= 0.6 is 23.2 Å². The van der Waals surface area contributed by atoms with Crippen LogP contribution < -0.4 is 10.1 Å². The number of nitrogens with one attached hydrogen (secondary N) is 1. The monoisotopic (exact) mass is 503 g/mol. The summed E-state index contributed by atoms with van der Waals surface area (Å²) in [4.78, 5) is 39.3. The maximum absolute atomic E-state index is 13.6. The van der Waals surface area contributed by atoms with E-state index in [9.17, 15) is 24.1 Å². The number of carbonyl (C=O) groups is 2. The fourth-order valence-corrected chi connectivity index (χ4v) is 2.91. The zero-order valence-electron chi connectivity index (χ0n) is 18.0. The van der Waals surface area contributed by atoms with Crippen LogP contribution in [0, 0.1) is 15.9 Å². The summed E-state index contributed by atoms with van der Waals surface area (Å²) in [5.41, 5.74) is -1.83. The van der Waals surface area contributed by atoms with Crippen molar-refractivity contribution >= 4 is 41.0 Å². The van der Waals surface area contributed by atoms with Gasteiger partial charge >= 0.3 is 17.7 Å². The molecule has 0 fully saturated rings. The van der Waals surface area contributed by atoms with E-state index >= 15 is 0 Å². The number of carbonyl (C=O) groups excluding carboxylic acids is 2. The van der Waals surface area contributed by atoms with Crippen LogP contribution in [0.4, 0.5) is 14.9 Å². The second-order valence-corrected chi connectivity index (χ2v) is 8.40. The average molecular weight is 504 g/mol. The largest absolute Gasteiger partial charge is 0.467 e. The Labute approximate surface area is 198 Å². The van der Waals surface area contributed by atoms with Crippen molar-refractivity contribution in [1.29, 1.82) is 0 Å². The van der Waals surface area contributed by atoms with Crippen LogP contribution in [0.5, 0.6) is 11.5 Å². The number of ether oxygens (including phenoxy) is 3. The van der Waals surface area contributed by atoms with Gasteiger partial charge in [-0.2, -0.15) is 0 Å². The molecule has 2 aromatic rings. The molecule has 2 rings (SSSR count). The van der Waals surface area contributed by atoms with Crippen molar-refractivity contribution in [2.75, 3.05) is 7.11 Å². The molecule has 1 aromatic carbocycles. The normalized spacial score (nSPS) is 12.0. The van der Waals surface area contributed by atoms with Crippen LogP contribution in [0.25, 0.3) is 0 Å². The lowest BCUT2D eigenvalue weighted by atomic mass is 10.1. The molecule has 0 saturated heterocycles. The van der Waals surface area contributed by atoms with E-state index in [1.54, 1.807) is 20.8 Å². The smallest absolute Gasteiger partial charge is 0.408 e. The first-order valence-corrected chi connectivity index (χ1v) is 10.1. The number of benzene rings is 1. The summed E-state index contributed by atoms with van der Waals surface area (Å²) in [5, 5.41) is 13.9. The minimum atomic E-state index is -1.39. The van der Waals surface area contributed by atoms with Gasteiger partial charge in [0.1, 0.15) is 33.9 Å². The molecule has 1 N–H and O–H groups in total. The lowest BCUT2D eigenvalue weighted by molar-refractivity contribution is -0.386. The Morgan fingerprint density at radius 1 is 1.27 bits per heavy atom. The van der Waals surface area contributed by atoms with E-state index in [4.69, 9.17) is 32.7 Å². The number of hydrogen-bond acceptors (Lipinski definition) is 8. The molecule has 1 amide bonds. The number of nitro groups is 1. The molecule has 0 bridgehead atoms. The first-order chi connectivity index (χ1) is 15.3. The summed E-state index contributed by atoms with van der Waals surface area (Å²) in [5.74, 6) is -2.30. The minimum Gasteiger partial charge on any atom is -0.467 e. The van der Waals surface area contributed by atoms with Gasteiger partial charge in [0, 0.05) is 12.5 Å². The number of aromatic nitrogens is 1. The van der Waals surface area contributed by atoms with Crippen molar-refractivity contribution in [3.63, 3.8) is 0 Å². The molecule has 0 aliphatic rings. The van der Waals surface area contributed by atoms with Gasteiger partial charge in [-0.15, -0.1) is 0 Å². The maximum atomic E-state index is 13.6. The van der Waals surface area contributed by atoms with Crippen molar-refractivity contribution in [3.8, 4) is 11.5 Å². The van der Waals surface area contributed by atoms with Crippen LogP contribution in [0.15, 0.2) is 24.4 Å². The van der Waals surface area contributed by atoms with Gasteiger partial charge in [0.25, 0.3) is 0 Å². The van der Waals surface area contributed by atoms with Crippen molar-refractivity contribution in [3.05, 3.63) is 56.1 Å². The Hall–Kier alpha value is -3.18. The molecule has 33 heavy (non-hydrogen) atoms. The lowest BCUT2D eigenvalue weighted by Crippen LogP contribution is -2.45. The van der Waals surface area contributed by atoms with Gasteiger partial charge in [0.05, 0.1) is 23.3 Å². The predicted molar refractivity (Wildman–Crippen MR) is 116 cm³/mol. The topological polar surface area (TPSA) is 130 Å². The van der Waals surface area contributed by atoms with Crippen LogP contribution in [0.1, 0.15) is 26.5 Å². The maximum Gasteiger partial charge on any atom is 0.408 e. The van der Waals surface area contributed by atoms with Crippen LogP contribution in [0.3, 0.4) is 0 Å². The Bertz CT molecular complexity index is 1080. The number of methoxy groups -OCH3 is 1. The van der Waals surface area contributed by atoms with Gasteiger partial charge in [-0.05, 0) is 32.9 Å². The molecule has 0 unspecified atom stereocenters. The summed E-state index contributed by atoms with van der Waals surface area (Å²) in [6.45, 7) is 4.85. The molecule has 13 heteroatoms. The third-order valence-corrected chi connectivity index (χ3v) is 4.48. The summed E-state index contributed by atoms with van der Waals surface area (Å²) in [6, 6.07) is 1.81. The highest BCUT2D eigenvalue weighted by atomic mass is 35.5. The summed E-state index contributed by atoms with van der Waals surface area (Å²) in [7, 11) is 1.08. The average Bonchev–Trinajstić information content (AvgIpc) is 2.70. The van der Waals surface area contributed by atoms with Gasteiger partial charge in [-0.25, -0.2) is 14.0 Å². The van der Waals surface area contributed by atoms with Gasteiger partial charge in [0.15, 0.2) is 0 Å². The van der Waals surface area contributed by atoms with E-state index < -0.39 is 52.3 Å².